The van der Waals surface area contributed by atoms with E-state index in [0.717, 1.165) is 12.1 Å². The maximum absolute atomic E-state index is 13.1. The van der Waals surface area contributed by atoms with Gasteiger partial charge in [-0.15, -0.1) is 0 Å². The standard InChI is InChI=1S/C17H11F3N2O5S2/c18-17(19,20)29(25,26)27-13-7-6-11(10-21)16-15(13)14(8-9-22-16)28(23,24)12-4-2-1-3-5-12/h1-8,22H,9H2. The molecular weight excluding hydrogens is 433 g/mol. The second kappa shape index (κ2) is 7.09. The van der Waals surface area contributed by atoms with Crippen molar-refractivity contribution >= 4 is 30.5 Å². The zero-order valence-electron chi connectivity index (χ0n) is 14.3. The van der Waals surface area contributed by atoms with Gasteiger partial charge in [-0.3, -0.25) is 0 Å². The summed E-state index contributed by atoms with van der Waals surface area (Å²) < 4.78 is 91.6. The molecule has 3 rings (SSSR count). The Morgan fingerprint density at radius 2 is 1.69 bits per heavy atom. The van der Waals surface area contributed by atoms with E-state index in [-0.39, 0.29) is 22.7 Å². The molecule has 0 fully saturated rings. The smallest absolute Gasteiger partial charge is 0.380 e. The summed E-state index contributed by atoms with van der Waals surface area (Å²) in [6.07, 6.45) is 1.17. The van der Waals surface area contributed by atoms with Crippen LogP contribution in [0.2, 0.25) is 0 Å². The summed E-state index contributed by atoms with van der Waals surface area (Å²) in [5, 5.41) is 11.9. The normalized spacial score (nSPS) is 14.2. The number of nitriles is 1. The minimum Gasteiger partial charge on any atom is -0.380 e. The molecule has 1 aliphatic rings. The summed E-state index contributed by atoms with van der Waals surface area (Å²) in [6, 6.07) is 10.6. The van der Waals surface area contributed by atoms with E-state index in [1.807, 2.05) is 0 Å². The van der Waals surface area contributed by atoms with Gasteiger partial charge in [-0.1, -0.05) is 18.2 Å². The lowest BCUT2D eigenvalue weighted by atomic mass is 10.0. The molecule has 1 aliphatic heterocycles. The van der Waals surface area contributed by atoms with E-state index >= 15 is 0 Å². The van der Waals surface area contributed by atoms with Crippen molar-refractivity contribution < 1.29 is 34.2 Å². The summed E-state index contributed by atoms with van der Waals surface area (Å²) in [5.74, 6) is -0.866. The van der Waals surface area contributed by atoms with E-state index in [4.69, 9.17) is 0 Å². The number of nitrogens with zero attached hydrogens (tertiary/aromatic N) is 1. The minimum atomic E-state index is -6.07. The van der Waals surface area contributed by atoms with E-state index in [2.05, 4.69) is 9.50 Å². The molecule has 2 aromatic carbocycles. The van der Waals surface area contributed by atoms with Crippen molar-refractivity contribution in [2.24, 2.45) is 0 Å². The van der Waals surface area contributed by atoms with Crippen LogP contribution in [0.25, 0.3) is 4.91 Å². The second-order valence-electron chi connectivity index (χ2n) is 5.72. The highest BCUT2D eigenvalue weighted by Gasteiger charge is 2.49. The van der Waals surface area contributed by atoms with Gasteiger partial charge in [0.05, 0.1) is 26.6 Å². The Kier molecular flexibility index (Phi) is 5.06. The molecule has 1 N–H and O–H groups in total. The van der Waals surface area contributed by atoms with Gasteiger partial charge < -0.3 is 9.50 Å². The lowest BCUT2D eigenvalue weighted by Crippen LogP contribution is -2.29. The summed E-state index contributed by atoms with van der Waals surface area (Å²) in [4.78, 5) is -0.631. The number of nitrogens with one attached hydrogen (secondary N) is 1. The minimum absolute atomic E-state index is 0.0570. The predicted molar refractivity (Wildman–Crippen MR) is 96.9 cm³/mol. The van der Waals surface area contributed by atoms with Crippen LogP contribution in [0.3, 0.4) is 0 Å². The quantitative estimate of drug-likeness (QED) is 0.570. The maximum Gasteiger partial charge on any atom is 0.534 e. The average Bonchev–Trinajstić information content (AvgIpc) is 2.67. The molecule has 0 spiro atoms. The van der Waals surface area contributed by atoms with Crippen LogP contribution in [0.1, 0.15) is 11.1 Å². The zero-order chi connectivity index (χ0) is 21.4. The Labute approximate surface area is 164 Å². The average molecular weight is 444 g/mol. The third-order valence-electron chi connectivity index (χ3n) is 3.93. The van der Waals surface area contributed by atoms with Crippen molar-refractivity contribution in [3.05, 3.63) is 59.7 Å². The summed E-state index contributed by atoms with van der Waals surface area (Å²) in [7, 11) is -10.3. The van der Waals surface area contributed by atoms with Crippen LogP contribution < -0.4 is 9.50 Å². The van der Waals surface area contributed by atoms with Crippen LogP contribution in [0.5, 0.6) is 5.75 Å². The third-order valence-corrected chi connectivity index (χ3v) is 6.73. The molecule has 2 aromatic rings. The number of sulfone groups is 1. The van der Waals surface area contributed by atoms with E-state index in [1.165, 1.54) is 30.3 Å². The molecule has 0 saturated heterocycles. The van der Waals surface area contributed by atoms with Crippen molar-refractivity contribution in [1.82, 2.24) is 0 Å². The number of alkyl halides is 3. The van der Waals surface area contributed by atoms with E-state index < -0.39 is 41.7 Å². The number of hydrogen-bond acceptors (Lipinski definition) is 7. The molecule has 29 heavy (non-hydrogen) atoms. The number of halogens is 3. The van der Waals surface area contributed by atoms with Crippen LogP contribution in [0.15, 0.2) is 53.4 Å². The highest BCUT2D eigenvalue weighted by Crippen LogP contribution is 2.43. The Morgan fingerprint density at radius 3 is 2.28 bits per heavy atom. The first kappa shape index (κ1) is 20.7. The van der Waals surface area contributed by atoms with Crippen molar-refractivity contribution in [3.63, 3.8) is 0 Å². The number of fused-ring (bicyclic) bond motifs is 1. The molecule has 0 aromatic heterocycles. The second-order valence-corrected chi connectivity index (χ2v) is 9.18. The Bertz CT molecular complexity index is 1250. The van der Waals surface area contributed by atoms with Crippen molar-refractivity contribution in [1.29, 1.82) is 5.26 Å². The lowest BCUT2D eigenvalue weighted by Gasteiger charge is -2.23. The fourth-order valence-electron chi connectivity index (χ4n) is 2.66. The van der Waals surface area contributed by atoms with Crippen LogP contribution >= 0.6 is 0 Å². The zero-order valence-corrected chi connectivity index (χ0v) is 15.9. The van der Waals surface area contributed by atoms with Gasteiger partial charge in [-0.25, -0.2) is 8.42 Å². The fraction of sp³-hybridized carbons (Fsp3) is 0.118. The van der Waals surface area contributed by atoms with Gasteiger partial charge in [-0.05, 0) is 30.3 Å². The van der Waals surface area contributed by atoms with E-state index in [9.17, 15) is 35.3 Å². The van der Waals surface area contributed by atoms with Crippen LogP contribution in [0, 0.1) is 11.3 Å². The van der Waals surface area contributed by atoms with Crippen LogP contribution in [-0.2, 0) is 20.0 Å². The van der Waals surface area contributed by atoms with Crippen LogP contribution in [-0.4, -0.2) is 28.9 Å². The SMILES string of the molecule is N#Cc1ccc(OS(=O)(=O)C(F)(F)F)c2c1NCC=C2S(=O)(=O)c1ccccc1. The largest absolute Gasteiger partial charge is 0.534 e. The molecule has 0 amide bonds. The van der Waals surface area contributed by atoms with Crippen LogP contribution in [0.4, 0.5) is 18.9 Å². The Morgan fingerprint density at radius 1 is 1.03 bits per heavy atom. The third kappa shape index (κ3) is 3.66. The van der Waals surface area contributed by atoms with Crippen molar-refractivity contribution in [3.8, 4) is 11.8 Å². The highest BCUT2D eigenvalue weighted by molar-refractivity contribution is 8.00. The number of anilines is 1. The molecule has 0 bridgehead atoms. The van der Waals surface area contributed by atoms with E-state index in [1.54, 1.807) is 12.1 Å². The molecule has 152 valence electrons. The first-order chi connectivity index (χ1) is 13.5. The number of hydrogen-bond donors (Lipinski definition) is 1. The molecule has 0 saturated carbocycles. The molecule has 0 aliphatic carbocycles. The Balaban J connectivity index is 2.26. The molecular formula is C17H11F3N2O5S2. The van der Waals surface area contributed by atoms with Crippen molar-refractivity contribution in [2.45, 2.75) is 10.4 Å². The van der Waals surface area contributed by atoms with E-state index in [0.29, 0.717) is 0 Å². The van der Waals surface area contributed by atoms with Gasteiger partial charge in [0.15, 0.2) is 5.75 Å². The first-order valence-corrected chi connectivity index (χ1v) is 10.7. The summed E-state index contributed by atoms with van der Waals surface area (Å²) in [6.45, 7) is -0.0570. The predicted octanol–water partition coefficient (Wildman–Crippen LogP) is 3.03. The fourth-order valence-corrected chi connectivity index (χ4v) is 4.67. The molecule has 0 atom stereocenters. The molecule has 0 unspecified atom stereocenters. The highest BCUT2D eigenvalue weighted by atomic mass is 32.2. The molecule has 1 heterocycles. The van der Waals surface area contributed by atoms with Gasteiger partial charge in [0, 0.05) is 6.54 Å². The number of rotatable bonds is 4. The monoisotopic (exact) mass is 444 g/mol. The molecule has 12 heteroatoms. The maximum atomic E-state index is 13.1. The summed E-state index contributed by atoms with van der Waals surface area (Å²) in [5.41, 5.74) is -6.42. The lowest BCUT2D eigenvalue weighted by molar-refractivity contribution is -0.0500. The van der Waals surface area contributed by atoms with Gasteiger partial charge in [0.25, 0.3) is 0 Å². The molecule has 7 nitrogen and oxygen atoms in total. The van der Waals surface area contributed by atoms with Gasteiger partial charge >= 0.3 is 15.6 Å². The summed E-state index contributed by atoms with van der Waals surface area (Å²) >= 11 is 0. The first-order valence-electron chi connectivity index (χ1n) is 7.81. The number of benzene rings is 2. The van der Waals surface area contributed by atoms with Gasteiger partial charge in [0.2, 0.25) is 9.84 Å². The van der Waals surface area contributed by atoms with Gasteiger partial charge in [0.1, 0.15) is 6.07 Å². The topological polar surface area (TPSA) is 113 Å². The van der Waals surface area contributed by atoms with Gasteiger partial charge in [-0.2, -0.15) is 26.9 Å². The molecule has 0 radical (unpaired) electrons. The van der Waals surface area contributed by atoms with Crippen molar-refractivity contribution in [2.75, 3.05) is 11.9 Å². The Hall–Kier alpha value is -3.04.